The van der Waals surface area contributed by atoms with Crippen LogP contribution in [0.15, 0.2) is 18.3 Å². The maximum Gasteiger partial charge on any atom is 0.269 e. The third kappa shape index (κ3) is 2.86. The molecule has 0 atom stereocenters. The quantitative estimate of drug-likeness (QED) is 0.514. The van der Waals surface area contributed by atoms with E-state index in [9.17, 15) is 4.79 Å². The maximum absolute atomic E-state index is 11.0. The number of amides is 1. The fourth-order valence-corrected chi connectivity index (χ4v) is 1.59. The van der Waals surface area contributed by atoms with Crippen LogP contribution in [0, 0.1) is 0 Å². The van der Waals surface area contributed by atoms with Crippen molar-refractivity contribution >= 4 is 11.7 Å². The second-order valence-electron chi connectivity index (χ2n) is 3.93. The average Bonchev–Trinajstić information content (AvgIpc) is 2.88. The van der Waals surface area contributed by atoms with Crippen LogP contribution >= 0.6 is 0 Å². The molecule has 19 heavy (non-hydrogen) atoms. The van der Waals surface area contributed by atoms with E-state index in [2.05, 4.69) is 20.5 Å². The van der Waals surface area contributed by atoms with Crippen molar-refractivity contribution in [3.63, 3.8) is 0 Å². The Bertz CT molecular complexity index is 592. The van der Waals surface area contributed by atoms with Crippen molar-refractivity contribution in [2.45, 2.75) is 19.8 Å². The van der Waals surface area contributed by atoms with Crippen LogP contribution in [0.2, 0.25) is 0 Å². The van der Waals surface area contributed by atoms with Gasteiger partial charge in [0.05, 0.1) is 0 Å². The number of anilines is 1. The van der Waals surface area contributed by atoms with Crippen LogP contribution in [-0.2, 0) is 6.42 Å². The minimum Gasteiger partial charge on any atom is -0.364 e. The minimum absolute atomic E-state index is 0.179. The SMILES string of the molecule is CCCc1nc(NN)cc(-n2ccc(C(N)=O)n2)n1. The standard InChI is InChI=1S/C11H15N7O/c1-2-3-8-14-9(16-13)6-10(15-8)18-5-4-7(17-18)11(12)19/h4-6H,2-3,13H2,1H3,(H2,12,19)(H,14,15,16). The highest BCUT2D eigenvalue weighted by molar-refractivity contribution is 5.90. The van der Waals surface area contributed by atoms with Gasteiger partial charge < -0.3 is 11.2 Å². The van der Waals surface area contributed by atoms with E-state index in [1.807, 2.05) is 6.92 Å². The first-order valence-electron chi connectivity index (χ1n) is 5.84. The Labute approximate surface area is 109 Å². The molecule has 0 aromatic carbocycles. The number of carbonyl (C=O) groups excluding carboxylic acids is 1. The van der Waals surface area contributed by atoms with Crippen LogP contribution in [0.25, 0.3) is 5.82 Å². The van der Waals surface area contributed by atoms with E-state index in [4.69, 9.17) is 11.6 Å². The molecule has 100 valence electrons. The number of rotatable bonds is 5. The van der Waals surface area contributed by atoms with Gasteiger partial charge in [-0.05, 0) is 12.5 Å². The molecule has 0 aliphatic carbocycles. The highest BCUT2D eigenvalue weighted by Crippen LogP contribution is 2.11. The van der Waals surface area contributed by atoms with Crippen molar-refractivity contribution in [2.24, 2.45) is 11.6 Å². The molecule has 0 aliphatic rings. The van der Waals surface area contributed by atoms with Crippen LogP contribution in [0.1, 0.15) is 29.7 Å². The number of hydrazine groups is 1. The van der Waals surface area contributed by atoms with Crippen molar-refractivity contribution in [3.8, 4) is 5.82 Å². The third-order valence-electron chi connectivity index (χ3n) is 2.46. The number of nitrogens with one attached hydrogen (secondary N) is 1. The van der Waals surface area contributed by atoms with Gasteiger partial charge in [-0.3, -0.25) is 4.79 Å². The first-order valence-corrected chi connectivity index (χ1v) is 5.84. The first-order chi connectivity index (χ1) is 9.13. The van der Waals surface area contributed by atoms with Gasteiger partial charge in [0.2, 0.25) is 0 Å². The Morgan fingerprint density at radius 1 is 1.47 bits per heavy atom. The number of aromatic nitrogens is 4. The fourth-order valence-electron chi connectivity index (χ4n) is 1.59. The fraction of sp³-hybridized carbons (Fsp3) is 0.273. The highest BCUT2D eigenvalue weighted by Gasteiger charge is 2.09. The molecule has 5 N–H and O–H groups in total. The van der Waals surface area contributed by atoms with Crippen molar-refractivity contribution in [1.82, 2.24) is 19.7 Å². The molecular formula is C11H15N7O. The molecule has 2 aromatic rings. The summed E-state index contributed by atoms with van der Waals surface area (Å²) < 4.78 is 1.46. The zero-order valence-electron chi connectivity index (χ0n) is 10.5. The normalized spacial score (nSPS) is 10.4. The lowest BCUT2D eigenvalue weighted by Crippen LogP contribution is -2.14. The number of hydrogen-bond donors (Lipinski definition) is 3. The Morgan fingerprint density at radius 2 is 2.26 bits per heavy atom. The molecule has 1 amide bonds. The van der Waals surface area contributed by atoms with E-state index in [-0.39, 0.29) is 5.69 Å². The number of hydrogen-bond acceptors (Lipinski definition) is 6. The number of primary amides is 1. The lowest BCUT2D eigenvalue weighted by atomic mass is 10.3. The number of nitrogens with zero attached hydrogens (tertiary/aromatic N) is 4. The van der Waals surface area contributed by atoms with Crippen LogP contribution < -0.4 is 17.0 Å². The van der Waals surface area contributed by atoms with Gasteiger partial charge >= 0.3 is 0 Å². The number of carbonyl (C=O) groups is 1. The molecule has 2 aromatic heterocycles. The summed E-state index contributed by atoms with van der Waals surface area (Å²) in [6.45, 7) is 2.03. The van der Waals surface area contributed by atoms with E-state index >= 15 is 0 Å². The maximum atomic E-state index is 11.0. The molecule has 0 aliphatic heterocycles. The number of aryl methyl sites for hydroxylation is 1. The summed E-state index contributed by atoms with van der Waals surface area (Å²) in [5.41, 5.74) is 7.82. The summed E-state index contributed by atoms with van der Waals surface area (Å²) in [5.74, 6) is 6.46. The largest absolute Gasteiger partial charge is 0.364 e. The van der Waals surface area contributed by atoms with Crippen LogP contribution in [0.4, 0.5) is 5.82 Å². The van der Waals surface area contributed by atoms with Gasteiger partial charge in [-0.2, -0.15) is 5.10 Å². The summed E-state index contributed by atoms with van der Waals surface area (Å²) in [5, 5.41) is 4.04. The predicted molar refractivity (Wildman–Crippen MR) is 69.5 cm³/mol. The zero-order valence-corrected chi connectivity index (χ0v) is 10.5. The van der Waals surface area contributed by atoms with Crippen molar-refractivity contribution in [2.75, 3.05) is 5.43 Å². The Hall–Kier alpha value is -2.48. The van der Waals surface area contributed by atoms with Crippen LogP contribution in [-0.4, -0.2) is 25.7 Å². The second kappa shape index (κ2) is 5.44. The van der Waals surface area contributed by atoms with Gasteiger partial charge in [-0.15, -0.1) is 0 Å². The zero-order chi connectivity index (χ0) is 13.8. The minimum atomic E-state index is -0.584. The van der Waals surface area contributed by atoms with E-state index in [1.165, 1.54) is 10.7 Å². The van der Waals surface area contributed by atoms with E-state index in [0.717, 1.165) is 12.8 Å². The summed E-state index contributed by atoms with van der Waals surface area (Å²) in [7, 11) is 0. The monoisotopic (exact) mass is 261 g/mol. The van der Waals surface area contributed by atoms with Gasteiger partial charge in [0.25, 0.3) is 5.91 Å². The molecule has 0 spiro atoms. The van der Waals surface area contributed by atoms with Gasteiger partial charge in [0.1, 0.15) is 17.3 Å². The third-order valence-corrected chi connectivity index (χ3v) is 2.46. The molecule has 2 rings (SSSR count). The number of nitrogen functional groups attached to an aromatic ring is 1. The van der Waals surface area contributed by atoms with E-state index in [0.29, 0.717) is 17.5 Å². The summed E-state index contributed by atoms with van der Waals surface area (Å²) in [4.78, 5) is 19.6. The lowest BCUT2D eigenvalue weighted by molar-refractivity contribution is 0.0995. The Kier molecular flexibility index (Phi) is 3.71. The topological polar surface area (TPSA) is 125 Å². The lowest BCUT2D eigenvalue weighted by Gasteiger charge is -2.06. The van der Waals surface area contributed by atoms with Crippen molar-refractivity contribution in [3.05, 3.63) is 29.8 Å². The molecule has 0 bridgehead atoms. The highest BCUT2D eigenvalue weighted by atomic mass is 16.1. The van der Waals surface area contributed by atoms with Crippen molar-refractivity contribution in [1.29, 1.82) is 0 Å². The average molecular weight is 261 g/mol. The molecule has 8 heteroatoms. The van der Waals surface area contributed by atoms with E-state index < -0.39 is 5.91 Å². The smallest absolute Gasteiger partial charge is 0.269 e. The van der Waals surface area contributed by atoms with Crippen LogP contribution in [0.3, 0.4) is 0 Å². The van der Waals surface area contributed by atoms with Gasteiger partial charge in [-0.25, -0.2) is 20.5 Å². The second-order valence-corrected chi connectivity index (χ2v) is 3.93. The van der Waals surface area contributed by atoms with Gasteiger partial charge in [0.15, 0.2) is 5.82 Å². The summed E-state index contributed by atoms with van der Waals surface area (Å²) >= 11 is 0. The first kappa shape index (κ1) is 13.0. The molecule has 8 nitrogen and oxygen atoms in total. The van der Waals surface area contributed by atoms with E-state index in [1.54, 1.807) is 12.3 Å². The van der Waals surface area contributed by atoms with Crippen molar-refractivity contribution < 1.29 is 4.79 Å². The molecular weight excluding hydrogens is 246 g/mol. The predicted octanol–water partition coefficient (Wildman–Crippen LogP) is -0.000700. The summed E-state index contributed by atoms with van der Waals surface area (Å²) in [6.07, 6.45) is 3.25. The molecule has 0 unspecified atom stereocenters. The molecule has 0 saturated heterocycles. The Balaban J connectivity index is 2.41. The molecule has 2 heterocycles. The Morgan fingerprint density at radius 3 is 2.84 bits per heavy atom. The van der Waals surface area contributed by atoms with Crippen LogP contribution in [0.5, 0.6) is 0 Å². The molecule has 0 radical (unpaired) electrons. The molecule has 0 saturated carbocycles. The number of nitrogens with two attached hydrogens (primary N) is 2. The van der Waals surface area contributed by atoms with Gasteiger partial charge in [-0.1, -0.05) is 6.92 Å². The summed E-state index contributed by atoms with van der Waals surface area (Å²) in [6, 6.07) is 3.16. The van der Waals surface area contributed by atoms with Gasteiger partial charge in [0, 0.05) is 18.7 Å². The molecule has 0 fully saturated rings.